The van der Waals surface area contributed by atoms with E-state index in [9.17, 15) is 0 Å². The van der Waals surface area contributed by atoms with Gasteiger partial charge < -0.3 is 0 Å². The fourth-order valence-electron chi connectivity index (χ4n) is 3.38. The van der Waals surface area contributed by atoms with Crippen molar-refractivity contribution in [2.75, 3.05) is 0 Å². The Balaban J connectivity index is 0. The molecule has 0 unspecified atom stereocenters. The summed E-state index contributed by atoms with van der Waals surface area (Å²) < 4.78 is 0. The zero-order valence-corrected chi connectivity index (χ0v) is 18.0. The molecule has 0 atom stereocenters. The van der Waals surface area contributed by atoms with Gasteiger partial charge in [-0.05, 0) is 0 Å². The molecule has 80 valence electrons. The molecule has 0 aromatic heterocycles. The summed E-state index contributed by atoms with van der Waals surface area (Å²) in [5.74, 6) is 0. The summed E-state index contributed by atoms with van der Waals surface area (Å²) in [5, 5.41) is 0. The fourth-order valence-corrected chi connectivity index (χ4v) is 91.1. The second-order valence-electron chi connectivity index (χ2n) is 7.12. The topological polar surface area (TPSA) is 0 Å². The average Bonchev–Trinajstić information content (AvgIpc) is 1.44. The van der Waals surface area contributed by atoms with Crippen LogP contribution in [0.5, 0.6) is 0 Å². The van der Waals surface area contributed by atoms with Gasteiger partial charge in [0.25, 0.3) is 0 Å². The van der Waals surface area contributed by atoms with E-state index in [1.54, 1.807) is 0 Å². The van der Waals surface area contributed by atoms with E-state index in [0.29, 0.717) is 0 Å². The molecule has 0 saturated carbocycles. The van der Waals surface area contributed by atoms with E-state index in [-0.39, 0.29) is 36.9 Å². The van der Waals surface area contributed by atoms with Crippen molar-refractivity contribution in [3.05, 3.63) is 0 Å². The Morgan fingerprint density at radius 2 is 0.643 bits per heavy atom. The Kier molecular flexibility index (Phi) is 7.12. The quantitative estimate of drug-likeness (QED) is 0.664. The van der Waals surface area contributed by atoms with Crippen LogP contribution in [0.1, 0.15) is 0 Å². The Bertz CT molecular complexity index is 139. The first-order valence-corrected chi connectivity index (χ1v) is 20.2. The van der Waals surface area contributed by atoms with E-state index in [1.807, 2.05) is 0 Å². The molecule has 0 nitrogen and oxygen atoms in total. The molecule has 0 fully saturated rings. The maximum absolute atomic E-state index is 2.61. The summed E-state index contributed by atoms with van der Waals surface area (Å²) in [4.78, 5) is 0. The molecular formula is C9H27NaSi4. The number of rotatable bonds is 3. The maximum atomic E-state index is 2.61. The molecule has 0 amide bonds. The SMILES string of the molecule is C[Si](C)(C)[Si-]([Si](C)(C)C)[Si](C)(C)C.[Na+]. The van der Waals surface area contributed by atoms with E-state index >= 15 is 0 Å². The van der Waals surface area contributed by atoms with Gasteiger partial charge >= 0.3 is 29.6 Å². The first-order chi connectivity index (χ1) is 5.37. The maximum Gasteiger partial charge on any atom is 1.00 e. The van der Waals surface area contributed by atoms with E-state index in [1.165, 1.54) is 0 Å². The smallest absolute Gasteiger partial charge is 0.252 e. The van der Waals surface area contributed by atoms with Crippen molar-refractivity contribution < 1.29 is 29.6 Å². The van der Waals surface area contributed by atoms with Crippen LogP contribution < -0.4 is 29.6 Å². The van der Waals surface area contributed by atoms with Crippen LogP contribution in [0.2, 0.25) is 58.9 Å². The second-order valence-corrected chi connectivity index (χ2v) is 43.9. The minimum atomic E-state index is -0.832. The molecule has 0 rings (SSSR count). The molecule has 0 bridgehead atoms. The van der Waals surface area contributed by atoms with Crippen LogP contribution in [0.4, 0.5) is 0 Å². The van der Waals surface area contributed by atoms with E-state index in [4.69, 9.17) is 0 Å². The Morgan fingerprint density at radius 3 is 0.643 bits per heavy atom. The molecule has 0 aliphatic heterocycles. The monoisotopic (exact) mass is 270 g/mol. The van der Waals surface area contributed by atoms with Gasteiger partial charge in [0, 0.05) is 0 Å². The van der Waals surface area contributed by atoms with Gasteiger partial charge in [-0.25, -0.2) is 0 Å². The van der Waals surface area contributed by atoms with Crippen LogP contribution in [0, 0.1) is 0 Å². The van der Waals surface area contributed by atoms with Gasteiger partial charge in [-0.3, -0.25) is 7.35 Å². The van der Waals surface area contributed by atoms with Crippen LogP contribution in [0.25, 0.3) is 0 Å². The molecule has 0 aliphatic rings. The van der Waals surface area contributed by atoms with Crippen LogP contribution in [0.3, 0.4) is 0 Å². The molecule has 0 spiro atoms. The van der Waals surface area contributed by atoms with Crippen molar-refractivity contribution in [2.45, 2.75) is 58.9 Å². The Labute approximate surface area is 118 Å². The number of hydrogen-bond donors (Lipinski definition) is 0. The van der Waals surface area contributed by atoms with Gasteiger partial charge in [0.1, 0.15) is 0 Å². The van der Waals surface area contributed by atoms with Crippen LogP contribution in [-0.2, 0) is 0 Å². The standard InChI is InChI=1S/C9H27Si4.Na/c1-11(2,3)10(12(4,5)6)13(7,8)9;/h1-9H3;/q-1;+1. The molecule has 0 N–H and O–H groups in total. The van der Waals surface area contributed by atoms with E-state index < -0.39 is 22.8 Å². The number of hydrogen-bond acceptors (Lipinski definition) is 0. The normalized spacial score (nSPS) is 14.1. The third kappa shape index (κ3) is 5.82. The van der Waals surface area contributed by atoms with Crippen molar-refractivity contribution in [1.29, 1.82) is 0 Å². The summed E-state index contributed by atoms with van der Waals surface area (Å²) in [6.07, 6.45) is 0. The van der Waals surface area contributed by atoms with E-state index in [0.717, 1.165) is 0 Å². The third-order valence-electron chi connectivity index (χ3n) is 2.25. The second kappa shape index (κ2) is 5.47. The largest absolute Gasteiger partial charge is 1.00 e. The van der Waals surface area contributed by atoms with Gasteiger partial charge in [0.05, 0.1) is 0 Å². The predicted molar refractivity (Wildman–Crippen MR) is 75.8 cm³/mol. The van der Waals surface area contributed by atoms with Gasteiger partial charge in [0.2, 0.25) is 0 Å². The Hall–Kier alpha value is 1.87. The zero-order chi connectivity index (χ0) is 11.1. The summed E-state index contributed by atoms with van der Waals surface area (Å²) in [6, 6.07) is 0. The van der Waals surface area contributed by atoms with Crippen LogP contribution in [-0.4, -0.2) is 30.1 Å². The molecule has 5 heteroatoms. The molecule has 0 radical (unpaired) electrons. The fraction of sp³-hybridized carbons (Fsp3) is 1.00. The summed E-state index contributed by atoms with van der Waals surface area (Å²) in [6.45, 7) is 23.5. The predicted octanol–water partition coefficient (Wildman–Crippen LogP) is 0.735. The molecule has 0 heterocycles. The first-order valence-electron chi connectivity index (χ1n) is 5.25. The van der Waals surface area contributed by atoms with Gasteiger partial charge in [-0.2, -0.15) is 0 Å². The average molecular weight is 271 g/mol. The van der Waals surface area contributed by atoms with Crippen molar-refractivity contribution in [1.82, 2.24) is 0 Å². The van der Waals surface area contributed by atoms with Crippen LogP contribution >= 0.6 is 0 Å². The summed E-state index contributed by atoms with van der Waals surface area (Å²) in [5.41, 5.74) is 0. The summed E-state index contributed by atoms with van der Waals surface area (Å²) in [7, 11) is -2.47. The van der Waals surface area contributed by atoms with Crippen molar-refractivity contribution in [2.24, 2.45) is 0 Å². The molecule has 0 aromatic carbocycles. The van der Waals surface area contributed by atoms with E-state index in [2.05, 4.69) is 58.9 Å². The van der Waals surface area contributed by atoms with Crippen molar-refractivity contribution >= 4 is 30.1 Å². The first kappa shape index (κ1) is 18.2. The van der Waals surface area contributed by atoms with Crippen molar-refractivity contribution in [3.63, 3.8) is 0 Å². The third-order valence-corrected chi connectivity index (χ3v) is 60.8. The van der Waals surface area contributed by atoms with Gasteiger partial charge in [-0.15, -0.1) is 22.8 Å². The zero-order valence-electron chi connectivity index (χ0n) is 12.0. The van der Waals surface area contributed by atoms with Crippen LogP contribution in [0.15, 0.2) is 0 Å². The van der Waals surface area contributed by atoms with Crippen molar-refractivity contribution in [3.8, 4) is 0 Å². The molecule has 0 saturated heterocycles. The minimum Gasteiger partial charge on any atom is -0.252 e. The summed E-state index contributed by atoms with van der Waals surface area (Å²) >= 11 is 0. The molecule has 14 heavy (non-hydrogen) atoms. The molecular weight excluding hydrogens is 243 g/mol. The Morgan fingerprint density at radius 1 is 0.500 bits per heavy atom. The molecule has 0 aliphatic carbocycles. The molecule has 0 aromatic rings. The van der Waals surface area contributed by atoms with Gasteiger partial charge in [0.15, 0.2) is 0 Å². The minimum absolute atomic E-state index is 0. The van der Waals surface area contributed by atoms with Gasteiger partial charge in [-0.1, -0.05) is 58.9 Å².